The van der Waals surface area contributed by atoms with Crippen molar-refractivity contribution in [3.8, 4) is 5.88 Å². The summed E-state index contributed by atoms with van der Waals surface area (Å²) in [5, 5.41) is 7.72. The van der Waals surface area contributed by atoms with Gasteiger partial charge in [-0.1, -0.05) is 11.6 Å². The highest BCUT2D eigenvalue weighted by atomic mass is 35.5. The molecular formula is C8H6ClF3N2O3. The molecule has 17 heavy (non-hydrogen) atoms. The van der Waals surface area contributed by atoms with E-state index in [4.69, 9.17) is 22.4 Å². The number of carbonyl (C=O) groups is 1. The summed E-state index contributed by atoms with van der Waals surface area (Å²) in [6, 6.07) is 0. The van der Waals surface area contributed by atoms with Crippen LogP contribution in [-0.4, -0.2) is 23.2 Å². The number of alkyl halides is 3. The molecule has 0 radical (unpaired) electrons. The molecule has 0 aliphatic carbocycles. The van der Waals surface area contributed by atoms with Crippen LogP contribution < -0.4 is 10.5 Å². The normalized spacial score (nSPS) is 11.4. The summed E-state index contributed by atoms with van der Waals surface area (Å²) < 4.78 is 42.2. The van der Waals surface area contributed by atoms with E-state index >= 15 is 0 Å². The van der Waals surface area contributed by atoms with Crippen molar-refractivity contribution in [2.75, 3.05) is 12.8 Å². The van der Waals surface area contributed by atoms with E-state index in [1.165, 1.54) is 0 Å². The van der Waals surface area contributed by atoms with Crippen LogP contribution in [0.1, 0.15) is 16.1 Å². The van der Waals surface area contributed by atoms with E-state index in [0.29, 0.717) is 0 Å². The van der Waals surface area contributed by atoms with Crippen molar-refractivity contribution >= 4 is 23.3 Å². The van der Waals surface area contributed by atoms with Gasteiger partial charge in [0, 0.05) is 0 Å². The highest BCUT2D eigenvalue weighted by molar-refractivity contribution is 6.34. The van der Waals surface area contributed by atoms with E-state index in [0.717, 1.165) is 7.11 Å². The number of rotatable bonds is 2. The fourth-order valence-corrected chi connectivity index (χ4v) is 1.38. The number of nitrogen functional groups attached to an aromatic ring is 1. The van der Waals surface area contributed by atoms with E-state index in [2.05, 4.69) is 9.72 Å². The van der Waals surface area contributed by atoms with Crippen LogP contribution in [-0.2, 0) is 6.18 Å². The van der Waals surface area contributed by atoms with E-state index in [9.17, 15) is 18.0 Å². The molecule has 5 nitrogen and oxygen atoms in total. The summed E-state index contributed by atoms with van der Waals surface area (Å²) in [5.74, 6) is -2.54. The molecule has 0 bridgehead atoms. The quantitative estimate of drug-likeness (QED) is 0.859. The average Bonchev–Trinajstić information content (AvgIpc) is 2.19. The monoisotopic (exact) mass is 270 g/mol. The topological polar surface area (TPSA) is 85.4 Å². The largest absolute Gasteiger partial charge is 0.481 e. The molecule has 0 unspecified atom stereocenters. The Hall–Kier alpha value is -1.70. The molecule has 0 amide bonds. The summed E-state index contributed by atoms with van der Waals surface area (Å²) >= 11 is 5.38. The van der Waals surface area contributed by atoms with E-state index < -0.39 is 40.0 Å². The van der Waals surface area contributed by atoms with Crippen LogP contribution in [0, 0.1) is 0 Å². The molecule has 94 valence electrons. The smallest absolute Gasteiger partial charge is 0.423 e. The Labute approximate surface area is 98.0 Å². The van der Waals surface area contributed by atoms with Gasteiger partial charge in [0.2, 0.25) is 5.88 Å². The van der Waals surface area contributed by atoms with Crippen LogP contribution in [0.25, 0.3) is 0 Å². The zero-order valence-corrected chi connectivity index (χ0v) is 9.06. The highest BCUT2D eigenvalue weighted by Crippen LogP contribution is 2.43. The SMILES string of the molecule is COc1nc(C(=O)O)c(N)c(Cl)c1C(F)(F)F. The molecule has 9 heteroatoms. The number of hydrogen-bond acceptors (Lipinski definition) is 4. The number of aromatic carboxylic acids is 1. The van der Waals surface area contributed by atoms with Gasteiger partial charge in [-0.3, -0.25) is 0 Å². The van der Waals surface area contributed by atoms with Crippen LogP contribution >= 0.6 is 11.6 Å². The van der Waals surface area contributed by atoms with Gasteiger partial charge in [0.15, 0.2) is 5.69 Å². The second kappa shape index (κ2) is 4.28. The van der Waals surface area contributed by atoms with Crippen molar-refractivity contribution < 1.29 is 27.8 Å². The zero-order valence-electron chi connectivity index (χ0n) is 8.30. The average molecular weight is 271 g/mol. The van der Waals surface area contributed by atoms with Crippen LogP contribution in [0.15, 0.2) is 0 Å². The van der Waals surface area contributed by atoms with Crippen LogP contribution in [0.4, 0.5) is 18.9 Å². The molecule has 0 aliphatic rings. The molecule has 0 atom stereocenters. The van der Waals surface area contributed by atoms with Crippen LogP contribution in [0.5, 0.6) is 5.88 Å². The van der Waals surface area contributed by atoms with E-state index in [1.54, 1.807) is 0 Å². The minimum absolute atomic E-state index is 0.757. The van der Waals surface area contributed by atoms with Gasteiger partial charge in [-0.15, -0.1) is 0 Å². The molecule has 0 aromatic carbocycles. The first-order chi connectivity index (χ1) is 7.70. The number of anilines is 1. The zero-order chi connectivity index (χ0) is 13.4. The molecule has 0 aliphatic heterocycles. The lowest BCUT2D eigenvalue weighted by atomic mass is 10.2. The highest BCUT2D eigenvalue weighted by Gasteiger charge is 2.40. The first kappa shape index (κ1) is 13.4. The van der Waals surface area contributed by atoms with Gasteiger partial charge in [0.25, 0.3) is 0 Å². The van der Waals surface area contributed by atoms with Crippen LogP contribution in [0.2, 0.25) is 5.02 Å². The van der Waals surface area contributed by atoms with Gasteiger partial charge < -0.3 is 15.6 Å². The number of methoxy groups -OCH3 is 1. The molecule has 0 saturated carbocycles. The van der Waals surface area contributed by atoms with Crippen molar-refractivity contribution in [2.24, 2.45) is 0 Å². The number of aromatic nitrogens is 1. The Balaban J connectivity index is 3.64. The maximum Gasteiger partial charge on any atom is 0.423 e. The first-order valence-corrected chi connectivity index (χ1v) is 4.41. The lowest BCUT2D eigenvalue weighted by Crippen LogP contribution is -2.15. The third-order valence-corrected chi connectivity index (χ3v) is 2.21. The molecule has 0 fully saturated rings. The molecule has 0 saturated heterocycles. The summed E-state index contributed by atoms with van der Waals surface area (Å²) in [6.45, 7) is 0. The fraction of sp³-hybridized carbons (Fsp3) is 0.250. The molecule has 1 rings (SSSR count). The third-order valence-electron chi connectivity index (χ3n) is 1.82. The molecule has 1 heterocycles. The maximum atomic E-state index is 12.6. The Morgan fingerprint density at radius 1 is 1.53 bits per heavy atom. The number of halogens is 4. The van der Waals surface area contributed by atoms with Gasteiger partial charge in [0.05, 0.1) is 17.8 Å². The molecular weight excluding hydrogens is 265 g/mol. The number of nitrogens with two attached hydrogens (primary N) is 1. The van der Waals surface area contributed by atoms with Crippen molar-refractivity contribution in [1.29, 1.82) is 0 Å². The van der Waals surface area contributed by atoms with Crippen molar-refractivity contribution in [1.82, 2.24) is 4.98 Å². The van der Waals surface area contributed by atoms with E-state index in [-0.39, 0.29) is 0 Å². The van der Waals surface area contributed by atoms with Gasteiger partial charge in [-0.05, 0) is 0 Å². The number of carboxylic acids is 1. The van der Waals surface area contributed by atoms with Crippen LogP contribution in [0.3, 0.4) is 0 Å². The minimum Gasteiger partial charge on any atom is -0.481 e. The van der Waals surface area contributed by atoms with Gasteiger partial charge in [-0.2, -0.15) is 13.2 Å². The van der Waals surface area contributed by atoms with Gasteiger partial charge in [0.1, 0.15) is 5.56 Å². The number of ether oxygens (including phenoxy) is 1. The van der Waals surface area contributed by atoms with Crippen molar-refractivity contribution in [3.05, 3.63) is 16.3 Å². The number of carboxylic acid groups (broad SMARTS) is 1. The van der Waals surface area contributed by atoms with Gasteiger partial charge >= 0.3 is 12.1 Å². The summed E-state index contributed by atoms with van der Waals surface area (Å²) in [5.41, 5.74) is 2.23. The Morgan fingerprint density at radius 3 is 2.41 bits per heavy atom. The predicted molar refractivity (Wildman–Crippen MR) is 52.2 cm³/mol. The third kappa shape index (κ3) is 2.36. The lowest BCUT2D eigenvalue weighted by Gasteiger charge is -2.15. The van der Waals surface area contributed by atoms with E-state index in [1.807, 2.05) is 0 Å². The maximum absolute atomic E-state index is 12.6. The summed E-state index contributed by atoms with van der Waals surface area (Å²) in [7, 11) is 0.912. The second-order valence-corrected chi connectivity index (χ2v) is 3.25. The summed E-state index contributed by atoms with van der Waals surface area (Å²) in [4.78, 5) is 13.8. The standard InChI is InChI=1S/C8H6ClF3N2O3/c1-17-6-2(8(10,11)12)3(9)4(13)5(14-6)7(15)16/h13H2,1H3,(H,15,16). The van der Waals surface area contributed by atoms with Gasteiger partial charge in [-0.25, -0.2) is 9.78 Å². The van der Waals surface area contributed by atoms with Crippen molar-refractivity contribution in [2.45, 2.75) is 6.18 Å². The molecule has 1 aromatic heterocycles. The number of nitrogens with zero attached hydrogens (tertiary/aromatic N) is 1. The second-order valence-electron chi connectivity index (χ2n) is 2.88. The Morgan fingerprint density at radius 2 is 2.06 bits per heavy atom. The minimum atomic E-state index is -4.85. The Bertz CT molecular complexity index is 476. The van der Waals surface area contributed by atoms with Crippen molar-refractivity contribution in [3.63, 3.8) is 0 Å². The predicted octanol–water partition coefficient (Wildman–Crippen LogP) is 2.04. The first-order valence-electron chi connectivity index (χ1n) is 4.03. The Kier molecular flexibility index (Phi) is 3.37. The summed E-state index contributed by atoms with van der Waals surface area (Å²) in [6.07, 6.45) is -4.85. The number of pyridine rings is 1. The number of hydrogen-bond donors (Lipinski definition) is 2. The fourth-order valence-electron chi connectivity index (χ4n) is 1.11. The lowest BCUT2D eigenvalue weighted by molar-refractivity contribution is -0.139. The molecule has 1 aromatic rings. The molecule has 0 spiro atoms. The molecule has 3 N–H and O–H groups in total.